The van der Waals surface area contributed by atoms with Crippen LogP contribution in [0, 0.1) is 0 Å². The highest BCUT2D eigenvalue weighted by Gasteiger charge is 2.02. The zero-order valence-corrected chi connectivity index (χ0v) is 5.52. The van der Waals surface area contributed by atoms with E-state index >= 15 is 0 Å². The van der Waals surface area contributed by atoms with E-state index in [9.17, 15) is 4.79 Å². The van der Waals surface area contributed by atoms with Crippen LogP contribution in [0.25, 0.3) is 0 Å². The molecule has 0 aliphatic rings. The van der Waals surface area contributed by atoms with E-state index in [1.807, 2.05) is 0 Å². The van der Waals surface area contributed by atoms with Crippen LogP contribution in [0.15, 0.2) is 12.3 Å². The number of carbonyl (C=O) groups is 1. The first kappa shape index (κ1) is 6.38. The average molecular weight is 142 g/mol. The Bertz CT molecular complexity index is 195. The van der Waals surface area contributed by atoms with Crippen molar-refractivity contribution < 1.29 is 4.79 Å². The number of Topliss-reactive ketones (excluding diaryl/α,β-unsaturated/α-hetero) is 1. The largest absolute Gasteiger partial charge is 0.324 e. The second kappa shape index (κ2) is 2.70. The fraction of sp³-hybridized carbons (Fsp3) is 0.200. The minimum Gasteiger partial charge on any atom is -0.324 e. The lowest BCUT2D eigenvalue weighted by molar-refractivity contribution is 0.100. The van der Waals surface area contributed by atoms with Gasteiger partial charge in [0.25, 0.3) is 0 Å². The van der Waals surface area contributed by atoms with Gasteiger partial charge in [-0.1, -0.05) is 0 Å². The molecule has 0 aromatic carbocycles. The van der Waals surface area contributed by atoms with Gasteiger partial charge in [0, 0.05) is 6.20 Å². The van der Waals surface area contributed by atoms with E-state index < -0.39 is 0 Å². The van der Waals surface area contributed by atoms with E-state index in [-0.39, 0.29) is 12.3 Å². The Labute approximate surface area is 56.7 Å². The lowest BCUT2D eigenvalue weighted by atomic mass is 10.3. The molecule has 0 saturated heterocycles. The van der Waals surface area contributed by atoms with Crippen molar-refractivity contribution in [1.82, 2.24) is 4.37 Å². The average Bonchev–Trinajstić information content (AvgIpc) is 2.37. The van der Waals surface area contributed by atoms with Crippen molar-refractivity contribution in [1.29, 1.82) is 0 Å². The summed E-state index contributed by atoms with van der Waals surface area (Å²) in [6, 6.07) is 1.67. The number of hydrogen-bond acceptors (Lipinski definition) is 4. The molecule has 0 atom stereocenters. The molecule has 0 bridgehead atoms. The summed E-state index contributed by atoms with van der Waals surface area (Å²) in [5.74, 6) is -0.0440. The van der Waals surface area contributed by atoms with Crippen LogP contribution in [0.1, 0.15) is 9.67 Å². The highest BCUT2D eigenvalue weighted by atomic mass is 32.1. The van der Waals surface area contributed by atoms with Gasteiger partial charge >= 0.3 is 0 Å². The van der Waals surface area contributed by atoms with Gasteiger partial charge in [0.2, 0.25) is 0 Å². The number of carbonyl (C=O) groups excluding carboxylic acids is 1. The standard InChI is InChI=1S/C5H6N2OS/c6-3-4(8)5-1-2-7-9-5/h1-2H,3,6H2. The molecule has 0 radical (unpaired) electrons. The number of hydrogen-bond donors (Lipinski definition) is 1. The first-order valence-electron chi connectivity index (χ1n) is 2.48. The van der Waals surface area contributed by atoms with Crippen molar-refractivity contribution in [3.63, 3.8) is 0 Å². The van der Waals surface area contributed by atoms with Crippen LogP contribution in [0.4, 0.5) is 0 Å². The highest BCUT2D eigenvalue weighted by Crippen LogP contribution is 2.03. The molecule has 1 aromatic heterocycles. The molecule has 1 aromatic rings. The smallest absolute Gasteiger partial charge is 0.187 e. The van der Waals surface area contributed by atoms with Crippen molar-refractivity contribution >= 4 is 17.3 Å². The molecule has 1 rings (SSSR count). The normalized spacial score (nSPS) is 9.44. The molecule has 48 valence electrons. The molecular formula is C5H6N2OS. The molecule has 2 N–H and O–H groups in total. The fourth-order valence-electron chi connectivity index (χ4n) is 0.460. The van der Waals surface area contributed by atoms with Crippen molar-refractivity contribution in [3.8, 4) is 0 Å². The first-order chi connectivity index (χ1) is 4.34. The number of nitrogens with two attached hydrogens (primary N) is 1. The third-order valence-electron chi connectivity index (χ3n) is 0.898. The summed E-state index contributed by atoms with van der Waals surface area (Å²) in [4.78, 5) is 11.4. The van der Waals surface area contributed by atoms with Gasteiger partial charge in [-0.15, -0.1) is 0 Å². The Morgan fingerprint density at radius 3 is 3.11 bits per heavy atom. The van der Waals surface area contributed by atoms with Crippen LogP contribution in [0.5, 0.6) is 0 Å². The molecule has 0 saturated carbocycles. The van der Waals surface area contributed by atoms with E-state index in [0.29, 0.717) is 4.88 Å². The van der Waals surface area contributed by atoms with Crippen molar-refractivity contribution in [3.05, 3.63) is 17.1 Å². The molecule has 0 amide bonds. The van der Waals surface area contributed by atoms with Crippen molar-refractivity contribution in [2.75, 3.05) is 6.54 Å². The van der Waals surface area contributed by atoms with Gasteiger partial charge in [-0.05, 0) is 17.6 Å². The van der Waals surface area contributed by atoms with E-state index in [1.54, 1.807) is 12.3 Å². The maximum atomic E-state index is 10.7. The molecule has 3 nitrogen and oxygen atoms in total. The minimum atomic E-state index is -0.0440. The summed E-state index contributed by atoms with van der Waals surface area (Å²) in [7, 11) is 0. The quantitative estimate of drug-likeness (QED) is 0.603. The predicted molar refractivity (Wildman–Crippen MR) is 35.5 cm³/mol. The van der Waals surface area contributed by atoms with Gasteiger partial charge in [-0.3, -0.25) is 4.79 Å². The number of nitrogens with zero attached hydrogens (tertiary/aromatic N) is 1. The van der Waals surface area contributed by atoms with E-state index in [4.69, 9.17) is 5.73 Å². The van der Waals surface area contributed by atoms with Crippen LogP contribution in [-0.2, 0) is 0 Å². The van der Waals surface area contributed by atoms with Crippen LogP contribution in [0.3, 0.4) is 0 Å². The lowest BCUT2D eigenvalue weighted by Gasteiger charge is -1.85. The molecule has 4 heteroatoms. The highest BCUT2D eigenvalue weighted by molar-refractivity contribution is 7.08. The van der Waals surface area contributed by atoms with E-state index in [2.05, 4.69) is 4.37 Å². The third-order valence-corrected chi connectivity index (χ3v) is 1.69. The fourth-order valence-corrected chi connectivity index (χ4v) is 1.00. The zero-order valence-electron chi connectivity index (χ0n) is 4.70. The van der Waals surface area contributed by atoms with Crippen LogP contribution >= 0.6 is 11.5 Å². The Balaban J connectivity index is 2.77. The van der Waals surface area contributed by atoms with Crippen LogP contribution < -0.4 is 5.73 Å². The molecule has 0 unspecified atom stereocenters. The summed E-state index contributed by atoms with van der Waals surface area (Å²) in [5.41, 5.74) is 5.09. The molecule has 9 heavy (non-hydrogen) atoms. The van der Waals surface area contributed by atoms with E-state index in [0.717, 1.165) is 0 Å². The molecule has 0 fully saturated rings. The Kier molecular flexibility index (Phi) is 1.92. The molecule has 0 aliphatic heterocycles. The Morgan fingerprint density at radius 2 is 2.67 bits per heavy atom. The Morgan fingerprint density at radius 1 is 1.89 bits per heavy atom. The van der Waals surface area contributed by atoms with E-state index in [1.165, 1.54) is 11.5 Å². The number of aromatic nitrogens is 1. The molecule has 1 heterocycles. The Hall–Kier alpha value is -0.740. The van der Waals surface area contributed by atoms with Gasteiger partial charge in [0.15, 0.2) is 5.78 Å². The second-order valence-corrected chi connectivity index (χ2v) is 2.34. The molecule has 0 spiro atoms. The van der Waals surface area contributed by atoms with Crippen LogP contribution in [0.2, 0.25) is 0 Å². The number of ketones is 1. The second-order valence-electron chi connectivity index (χ2n) is 1.50. The monoisotopic (exact) mass is 142 g/mol. The third kappa shape index (κ3) is 1.34. The number of rotatable bonds is 2. The van der Waals surface area contributed by atoms with Gasteiger partial charge < -0.3 is 5.73 Å². The first-order valence-corrected chi connectivity index (χ1v) is 3.26. The summed E-state index contributed by atoms with van der Waals surface area (Å²) >= 11 is 1.18. The summed E-state index contributed by atoms with van der Waals surface area (Å²) in [6.45, 7) is 0.0716. The topological polar surface area (TPSA) is 56.0 Å². The van der Waals surface area contributed by atoms with Crippen molar-refractivity contribution in [2.45, 2.75) is 0 Å². The summed E-state index contributed by atoms with van der Waals surface area (Å²) < 4.78 is 3.76. The van der Waals surface area contributed by atoms with Gasteiger partial charge in [-0.2, -0.15) is 0 Å². The maximum Gasteiger partial charge on any atom is 0.187 e. The van der Waals surface area contributed by atoms with Crippen LogP contribution in [-0.4, -0.2) is 16.7 Å². The molecule has 0 aliphatic carbocycles. The van der Waals surface area contributed by atoms with Crippen molar-refractivity contribution in [2.24, 2.45) is 5.73 Å². The maximum absolute atomic E-state index is 10.7. The SMILES string of the molecule is NCC(=O)c1ccns1. The van der Waals surface area contributed by atoms with Gasteiger partial charge in [0.1, 0.15) is 0 Å². The van der Waals surface area contributed by atoms with Gasteiger partial charge in [0.05, 0.1) is 11.4 Å². The predicted octanol–water partition coefficient (Wildman–Crippen LogP) is 0.284. The summed E-state index contributed by atoms with van der Waals surface area (Å²) in [6.07, 6.45) is 1.59. The lowest BCUT2D eigenvalue weighted by Crippen LogP contribution is -2.11. The zero-order chi connectivity index (χ0) is 6.69. The summed E-state index contributed by atoms with van der Waals surface area (Å²) in [5, 5.41) is 0. The van der Waals surface area contributed by atoms with Gasteiger partial charge in [-0.25, -0.2) is 4.37 Å². The molecular weight excluding hydrogens is 136 g/mol. The minimum absolute atomic E-state index is 0.0440.